The Morgan fingerprint density at radius 2 is 1.05 bits per heavy atom. The summed E-state index contributed by atoms with van der Waals surface area (Å²) in [4.78, 5) is 0. The molecule has 20 heavy (non-hydrogen) atoms. The van der Waals surface area contributed by atoms with Crippen LogP contribution in [0.3, 0.4) is 0 Å². The first kappa shape index (κ1) is 13.2. The van der Waals surface area contributed by atoms with Crippen LogP contribution in [0, 0.1) is 13.8 Å². The van der Waals surface area contributed by atoms with Crippen molar-refractivity contribution in [3.05, 3.63) is 76.4 Å². The third-order valence-electron chi connectivity index (χ3n) is 4.24. The van der Waals surface area contributed by atoms with Crippen LogP contribution in [-0.2, 0) is 0 Å². The third-order valence-corrected chi connectivity index (χ3v) is 4.24. The first-order valence-corrected chi connectivity index (χ1v) is 7.60. The van der Waals surface area contributed by atoms with Crippen LogP contribution in [0.5, 0.6) is 0 Å². The van der Waals surface area contributed by atoms with E-state index in [-0.39, 0.29) is 0 Å². The standard InChI is InChI=1S/C20H22/c1-15-7-11-18(12-8-15)20(17-5-3-4-6-17)19-13-9-16(2)10-14-19/h7-14H,3-6H2,1-2H3. The van der Waals surface area contributed by atoms with Crippen LogP contribution in [0.25, 0.3) is 5.57 Å². The summed E-state index contributed by atoms with van der Waals surface area (Å²) in [6.07, 6.45) is 5.21. The summed E-state index contributed by atoms with van der Waals surface area (Å²) in [6.45, 7) is 4.30. The van der Waals surface area contributed by atoms with Gasteiger partial charge in [-0.1, -0.05) is 65.2 Å². The van der Waals surface area contributed by atoms with Gasteiger partial charge < -0.3 is 0 Å². The monoisotopic (exact) mass is 262 g/mol. The van der Waals surface area contributed by atoms with Crippen LogP contribution in [-0.4, -0.2) is 0 Å². The molecule has 0 N–H and O–H groups in total. The Morgan fingerprint density at radius 3 is 1.45 bits per heavy atom. The molecule has 2 aromatic rings. The molecule has 0 atom stereocenters. The van der Waals surface area contributed by atoms with Crippen LogP contribution in [0.1, 0.15) is 47.9 Å². The molecule has 1 fully saturated rings. The van der Waals surface area contributed by atoms with Crippen molar-refractivity contribution in [3.8, 4) is 0 Å². The highest BCUT2D eigenvalue weighted by atomic mass is 14.2. The fourth-order valence-electron chi connectivity index (χ4n) is 3.07. The Kier molecular flexibility index (Phi) is 3.73. The average Bonchev–Trinajstić information content (AvgIpc) is 2.97. The van der Waals surface area contributed by atoms with Gasteiger partial charge in [0.15, 0.2) is 0 Å². The summed E-state index contributed by atoms with van der Waals surface area (Å²) in [7, 11) is 0. The Labute approximate surface area is 122 Å². The molecule has 0 aliphatic heterocycles. The maximum absolute atomic E-state index is 2.27. The van der Waals surface area contributed by atoms with E-state index in [0.29, 0.717) is 0 Å². The van der Waals surface area contributed by atoms with Gasteiger partial charge >= 0.3 is 0 Å². The van der Waals surface area contributed by atoms with E-state index in [2.05, 4.69) is 62.4 Å². The van der Waals surface area contributed by atoms with E-state index in [1.807, 2.05) is 0 Å². The lowest BCUT2D eigenvalue weighted by atomic mass is 9.91. The molecule has 0 spiro atoms. The molecule has 0 nitrogen and oxygen atoms in total. The maximum Gasteiger partial charge on any atom is -0.0119 e. The Balaban J connectivity index is 2.11. The number of benzene rings is 2. The first-order valence-electron chi connectivity index (χ1n) is 7.60. The molecule has 1 aliphatic rings. The molecule has 3 rings (SSSR count). The van der Waals surface area contributed by atoms with Crippen LogP contribution in [0.2, 0.25) is 0 Å². The fourth-order valence-corrected chi connectivity index (χ4v) is 3.07. The second-order valence-electron chi connectivity index (χ2n) is 5.92. The molecular formula is C20H22. The van der Waals surface area contributed by atoms with E-state index in [0.717, 1.165) is 0 Å². The first-order chi connectivity index (χ1) is 9.74. The van der Waals surface area contributed by atoms with Gasteiger partial charge in [-0.05, 0) is 56.2 Å². The van der Waals surface area contributed by atoms with Crippen molar-refractivity contribution >= 4 is 5.57 Å². The Hall–Kier alpha value is -1.82. The summed E-state index contributed by atoms with van der Waals surface area (Å²) >= 11 is 0. The molecule has 0 bridgehead atoms. The zero-order chi connectivity index (χ0) is 13.9. The molecule has 0 radical (unpaired) electrons. The highest BCUT2D eigenvalue weighted by Crippen LogP contribution is 2.36. The van der Waals surface area contributed by atoms with Crippen LogP contribution < -0.4 is 0 Å². The fraction of sp³-hybridized carbons (Fsp3) is 0.300. The van der Waals surface area contributed by atoms with Crippen molar-refractivity contribution < 1.29 is 0 Å². The van der Waals surface area contributed by atoms with Crippen LogP contribution >= 0.6 is 0 Å². The van der Waals surface area contributed by atoms with Crippen molar-refractivity contribution in [2.75, 3.05) is 0 Å². The Bertz CT molecular complexity index is 557. The number of aryl methyl sites for hydroxylation is 2. The molecule has 0 heteroatoms. The molecule has 2 aromatic carbocycles. The number of allylic oxidation sites excluding steroid dienone is 1. The minimum atomic E-state index is 1.26. The van der Waals surface area contributed by atoms with Crippen LogP contribution in [0.15, 0.2) is 54.1 Å². The molecule has 0 heterocycles. The molecule has 0 aromatic heterocycles. The van der Waals surface area contributed by atoms with Crippen molar-refractivity contribution in [2.24, 2.45) is 0 Å². The normalized spacial score (nSPS) is 14.6. The van der Waals surface area contributed by atoms with E-state index in [4.69, 9.17) is 0 Å². The highest BCUT2D eigenvalue weighted by Gasteiger charge is 2.15. The Morgan fingerprint density at radius 1 is 0.650 bits per heavy atom. The predicted molar refractivity (Wildman–Crippen MR) is 86.8 cm³/mol. The molecule has 0 amide bonds. The minimum absolute atomic E-state index is 1.26. The number of rotatable bonds is 2. The summed E-state index contributed by atoms with van der Waals surface area (Å²) in [5.41, 5.74) is 8.51. The topological polar surface area (TPSA) is 0 Å². The van der Waals surface area contributed by atoms with Gasteiger partial charge in [0.25, 0.3) is 0 Å². The molecule has 1 aliphatic carbocycles. The zero-order valence-electron chi connectivity index (χ0n) is 12.4. The van der Waals surface area contributed by atoms with Crippen molar-refractivity contribution in [3.63, 3.8) is 0 Å². The van der Waals surface area contributed by atoms with Crippen molar-refractivity contribution in [1.29, 1.82) is 0 Å². The summed E-state index contributed by atoms with van der Waals surface area (Å²) in [5.74, 6) is 0. The lowest BCUT2D eigenvalue weighted by Crippen LogP contribution is -1.93. The molecular weight excluding hydrogens is 240 g/mol. The van der Waals surface area contributed by atoms with E-state index in [1.54, 1.807) is 5.57 Å². The van der Waals surface area contributed by atoms with E-state index >= 15 is 0 Å². The van der Waals surface area contributed by atoms with Gasteiger partial charge in [-0.25, -0.2) is 0 Å². The molecule has 102 valence electrons. The smallest absolute Gasteiger partial charge is 0.0119 e. The van der Waals surface area contributed by atoms with E-state index < -0.39 is 0 Å². The maximum atomic E-state index is 2.27. The lowest BCUT2D eigenvalue weighted by Gasteiger charge is -2.13. The minimum Gasteiger partial charge on any atom is -0.0618 e. The van der Waals surface area contributed by atoms with E-state index in [1.165, 1.54) is 53.5 Å². The second-order valence-corrected chi connectivity index (χ2v) is 5.92. The molecule has 0 unspecified atom stereocenters. The van der Waals surface area contributed by atoms with Crippen LogP contribution in [0.4, 0.5) is 0 Å². The van der Waals surface area contributed by atoms with E-state index in [9.17, 15) is 0 Å². The molecule has 0 saturated heterocycles. The third kappa shape index (κ3) is 2.70. The number of hydrogen-bond donors (Lipinski definition) is 0. The largest absolute Gasteiger partial charge is 0.0618 e. The van der Waals surface area contributed by atoms with Gasteiger partial charge in [-0.15, -0.1) is 0 Å². The van der Waals surface area contributed by atoms with Gasteiger partial charge in [-0.2, -0.15) is 0 Å². The number of hydrogen-bond acceptors (Lipinski definition) is 0. The van der Waals surface area contributed by atoms with Gasteiger partial charge in [0.1, 0.15) is 0 Å². The summed E-state index contributed by atoms with van der Waals surface area (Å²) in [6, 6.07) is 18.0. The highest BCUT2D eigenvalue weighted by molar-refractivity contribution is 5.82. The zero-order valence-corrected chi connectivity index (χ0v) is 12.4. The lowest BCUT2D eigenvalue weighted by molar-refractivity contribution is 0.886. The van der Waals surface area contributed by atoms with Crippen molar-refractivity contribution in [2.45, 2.75) is 39.5 Å². The van der Waals surface area contributed by atoms with Crippen molar-refractivity contribution in [1.82, 2.24) is 0 Å². The second kappa shape index (κ2) is 5.66. The quantitative estimate of drug-likeness (QED) is 0.653. The van der Waals surface area contributed by atoms with Gasteiger partial charge in [0.05, 0.1) is 0 Å². The van der Waals surface area contributed by atoms with Gasteiger partial charge in [-0.3, -0.25) is 0 Å². The summed E-state index contributed by atoms with van der Waals surface area (Å²) < 4.78 is 0. The predicted octanol–water partition coefficient (Wildman–Crippen LogP) is 5.68. The SMILES string of the molecule is Cc1ccc(C(=C2CCCC2)c2ccc(C)cc2)cc1. The summed E-state index contributed by atoms with van der Waals surface area (Å²) in [5, 5.41) is 0. The van der Waals surface area contributed by atoms with Gasteiger partial charge in [0, 0.05) is 0 Å². The van der Waals surface area contributed by atoms with Gasteiger partial charge in [0.2, 0.25) is 0 Å². The molecule has 1 saturated carbocycles. The average molecular weight is 262 g/mol.